The molecule has 15 heavy (non-hydrogen) atoms. The summed E-state index contributed by atoms with van der Waals surface area (Å²) in [6, 6.07) is 8.03. The van der Waals surface area contributed by atoms with Crippen molar-refractivity contribution in [1.82, 2.24) is 4.98 Å². The summed E-state index contributed by atoms with van der Waals surface area (Å²) in [5.41, 5.74) is 1.58. The van der Waals surface area contributed by atoms with Crippen molar-refractivity contribution in [1.29, 1.82) is 0 Å². The van der Waals surface area contributed by atoms with E-state index < -0.39 is 0 Å². The molecule has 2 nitrogen and oxygen atoms in total. The first-order valence-corrected chi connectivity index (χ1v) is 4.83. The van der Waals surface area contributed by atoms with Crippen molar-refractivity contribution in [2.24, 2.45) is 0 Å². The molecule has 1 aromatic heterocycles. The van der Waals surface area contributed by atoms with Gasteiger partial charge in [0.1, 0.15) is 11.0 Å². The largest absolute Gasteiger partial charge is 0.392 e. The van der Waals surface area contributed by atoms with E-state index in [1.54, 1.807) is 24.3 Å². The molecule has 0 aliphatic heterocycles. The maximum absolute atomic E-state index is 13.4. The Morgan fingerprint density at radius 3 is 2.67 bits per heavy atom. The van der Waals surface area contributed by atoms with Gasteiger partial charge in [0.2, 0.25) is 0 Å². The summed E-state index contributed by atoms with van der Waals surface area (Å²) in [5, 5.41) is 9.29. The molecule has 1 aromatic carbocycles. The SMILES string of the molecule is OCc1cc(-c2ccccc2F)[nH]c1Cl. The van der Waals surface area contributed by atoms with E-state index in [0.29, 0.717) is 22.0 Å². The van der Waals surface area contributed by atoms with E-state index in [2.05, 4.69) is 4.98 Å². The first kappa shape index (κ1) is 10.2. The van der Waals surface area contributed by atoms with E-state index in [1.807, 2.05) is 0 Å². The number of rotatable bonds is 2. The van der Waals surface area contributed by atoms with Gasteiger partial charge >= 0.3 is 0 Å². The summed E-state index contributed by atoms with van der Waals surface area (Å²) in [5.74, 6) is -0.320. The number of hydrogen-bond acceptors (Lipinski definition) is 1. The fourth-order valence-corrected chi connectivity index (χ4v) is 1.63. The zero-order valence-corrected chi connectivity index (χ0v) is 8.55. The van der Waals surface area contributed by atoms with Crippen LogP contribution in [-0.2, 0) is 6.61 Å². The predicted molar refractivity (Wildman–Crippen MR) is 57.1 cm³/mol. The number of hydrogen-bond donors (Lipinski definition) is 2. The smallest absolute Gasteiger partial charge is 0.132 e. The average Bonchev–Trinajstić information content (AvgIpc) is 2.60. The van der Waals surface area contributed by atoms with Crippen LogP contribution in [0.4, 0.5) is 4.39 Å². The van der Waals surface area contributed by atoms with E-state index >= 15 is 0 Å². The lowest BCUT2D eigenvalue weighted by atomic mass is 10.1. The van der Waals surface area contributed by atoms with E-state index in [1.165, 1.54) is 6.07 Å². The van der Waals surface area contributed by atoms with E-state index in [0.717, 1.165) is 0 Å². The monoisotopic (exact) mass is 225 g/mol. The molecule has 0 spiro atoms. The number of halogens is 2. The predicted octanol–water partition coefficient (Wildman–Crippen LogP) is 2.97. The molecule has 78 valence electrons. The molecule has 0 unspecified atom stereocenters. The van der Waals surface area contributed by atoms with Crippen molar-refractivity contribution in [2.45, 2.75) is 6.61 Å². The third-order valence-corrected chi connectivity index (χ3v) is 2.52. The number of aliphatic hydroxyl groups is 1. The topological polar surface area (TPSA) is 36.0 Å². The molecule has 0 fully saturated rings. The van der Waals surface area contributed by atoms with Gasteiger partial charge in [0.05, 0.1) is 6.61 Å². The van der Waals surface area contributed by atoms with E-state index in [-0.39, 0.29) is 12.4 Å². The van der Waals surface area contributed by atoms with Crippen LogP contribution < -0.4 is 0 Å². The van der Waals surface area contributed by atoms with Crippen LogP contribution in [-0.4, -0.2) is 10.1 Å². The average molecular weight is 226 g/mol. The summed E-state index contributed by atoms with van der Waals surface area (Å²) < 4.78 is 13.4. The van der Waals surface area contributed by atoms with Gasteiger partial charge in [0.15, 0.2) is 0 Å². The number of aromatic nitrogens is 1. The minimum absolute atomic E-state index is 0.163. The van der Waals surface area contributed by atoms with Crippen LogP contribution in [0.1, 0.15) is 5.56 Å². The van der Waals surface area contributed by atoms with Crippen LogP contribution in [0.2, 0.25) is 5.15 Å². The molecule has 0 atom stereocenters. The standard InChI is InChI=1S/C11H9ClFNO/c12-11-7(6-15)5-10(14-11)8-3-1-2-4-9(8)13/h1-5,14-15H,6H2. The quantitative estimate of drug-likeness (QED) is 0.810. The number of aliphatic hydroxyl groups excluding tert-OH is 1. The molecule has 0 saturated heterocycles. The van der Waals surface area contributed by atoms with E-state index in [9.17, 15) is 4.39 Å². The second kappa shape index (κ2) is 4.04. The Balaban J connectivity index is 2.50. The van der Waals surface area contributed by atoms with Gasteiger partial charge in [-0.25, -0.2) is 4.39 Å². The molecular weight excluding hydrogens is 217 g/mol. The third kappa shape index (κ3) is 1.89. The van der Waals surface area contributed by atoms with Crippen molar-refractivity contribution in [2.75, 3.05) is 0 Å². The maximum atomic E-state index is 13.4. The number of benzene rings is 1. The summed E-state index contributed by atoms with van der Waals surface area (Å²) >= 11 is 5.81. The normalized spacial score (nSPS) is 10.6. The van der Waals surface area contributed by atoms with Crippen LogP contribution in [0.25, 0.3) is 11.3 Å². The molecule has 1 heterocycles. The number of H-pyrrole nitrogens is 1. The third-order valence-electron chi connectivity index (χ3n) is 2.18. The zero-order chi connectivity index (χ0) is 10.8. The van der Waals surface area contributed by atoms with Gasteiger partial charge in [-0.3, -0.25) is 0 Å². The Morgan fingerprint density at radius 1 is 1.33 bits per heavy atom. The van der Waals surface area contributed by atoms with Crippen molar-refractivity contribution < 1.29 is 9.50 Å². The number of aromatic amines is 1. The molecule has 0 saturated carbocycles. The Kier molecular flexibility index (Phi) is 2.75. The molecule has 4 heteroatoms. The maximum Gasteiger partial charge on any atom is 0.132 e. The van der Waals surface area contributed by atoms with Gasteiger partial charge in [0.25, 0.3) is 0 Å². The van der Waals surface area contributed by atoms with Gasteiger partial charge < -0.3 is 10.1 Å². The highest BCUT2D eigenvalue weighted by molar-refractivity contribution is 6.30. The van der Waals surface area contributed by atoms with Gasteiger partial charge in [-0.2, -0.15) is 0 Å². The van der Waals surface area contributed by atoms with Crippen LogP contribution in [0.3, 0.4) is 0 Å². The highest BCUT2D eigenvalue weighted by Gasteiger charge is 2.09. The minimum atomic E-state index is -0.320. The molecular formula is C11H9ClFNO. The van der Waals surface area contributed by atoms with Crippen molar-refractivity contribution in [3.8, 4) is 11.3 Å². The molecule has 2 aromatic rings. The fraction of sp³-hybridized carbons (Fsp3) is 0.0909. The van der Waals surface area contributed by atoms with Crippen molar-refractivity contribution >= 4 is 11.6 Å². The van der Waals surface area contributed by atoms with Gasteiger partial charge in [-0.05, 0) is 18.2 Å². The molecule has 2 rings (SSSR count). The summed E-state index contributed by atoms with van der Waals surface area (Å²) in [6.45, 7) is -0.163. The van der Waals surface area contributed by atoms with Gasteiger partial charge in [-0.15, -0.1) is 0 Å². The molecule has 0 bridgehead atoms. The first-order chi connectivity index (χ1) is 7.22. The Hall–Kier alpha value is -1.32. The second-order valence-electron chi connectivity index (χ2n) is 3.16. The molecule has 0 aliphatic carbocycles. The molecule has 2 N–H and O–H groups in total. The first-order valence-electron chi connectivity index (χ1n) is 4.45. The fourth-order valence-electron chi connectivity index (χ4n) is 1.41. The summed E-state index contributed by atoms with van der Waals surface area (Å²) in [7, 11) is 0. The van der Waals surface area contributed by atoms with E-state index in [4.69, 9.17) is 16.7 Å². The van der Waals surface area contributed by atoms with Gasteiger partial charge in [-0.1, -0.05) is 23.7 Å². The van der Waals surface area contributed by atoms with Crippen LogP contribution in [0, 0.1) is 5.82 Å². The van der Waals surface area contributed by atoms with Crippen molar-refractivity contribution in [3.63, 3.8) is 0 Å². The van der Waals surface area contributed by atoms with Crippen LogP contribution >= 0.6 is 11.6 Å². The lowest BCUT2D eigenvalue weighted by molar-refractivity contribution is 0.282. The molecule has 0 aliphatic rings. The summed E-state index contributed by atoms with van der Waals surface area (Å²) in [6.07, 6.45) is 0. The summed E-state index contributed by atoms with van der Waals surface area (Å²) in [4.78, 5) is 2.82. The minimum Gasteiger partial charge on any atom is -0.392 e. The number of nitrogens with one attached hydrogen (secondary N) is 1. The second-order valence-corrected chi connectivity index (χ2v) is 3.54. The highest BCUT2D eigenvalue weighted by atomic mass is 35.5. The Morgan fingerprint density at radius 2 is 2.07 bits per heavy atom. The molecule has 0 amide bonds. The van der Waals surface area contributed by atoms with Crippen LogP contribution in [0.15, 0.2) is 30.3 Å². The van der Waals surface area contributed by atoms with Crippen LogP contribution in [0.5, 0.6) is 0 Å². The highest BCUT2D eigenvalue weighted by Crippen LogP contribution is 2.26. The zero-order valence-electron chi connectivity index (χ0n) is 7.80. The lowest BCUT2D eigenvalue weighted by Gasteiger charge is -1.98. The Labute approximate surface area is 91.3 Å². The molecule has 0 radical (unpaired) electrons. The lowest BCUT2D eigenvalue weighted by Crippen LogP contribution is -1.82. The van der Waals surface area contributed by atoms with Gasteiger partial charge in [0, 0.05) is 16.8 Å². The Bertz CT molecular complexity index is 481. The van der Waals surface area contributed by atoms with Crippen molar-refractivity contribution in [3.05, 3.63) is 46.9 Å².